The summed E-state index contributed by atoms with van der Waals surface area (Å²) in [7, 11) is 0. The molecule has 0 bridgehead atoms. The van der Waals surface area contributed by atoms with Crippen LogP contribution in [-0.2, 0) is 6.42 Å². The van der Waals surface area contributed by atoms with E-state index in [-0.39, 0.29) is 11.6 Å². The van der Waals surface area contributed by atoms with Crippen LogP contribution in [0.3, 0.4) is 0 Å². The van der Waals surface area contributed by atoms with Crippen LogP contribution in [0, 0.1) is 5.82 Å². The summed E-state index contributed by atoms with van der Waals surface area (Å²) in [6, 6.07) is 9.32. The first kappa shape index (κ1) is 14.0. The third-order valence-corrected chi connectivity index (χ3v) is 3.11. The lowest BCUT2D eigenvalue weighted by Gasteiger charge is -1.99. The van der Waals surface area contributed by atoms with E-state index in [4.69, 9.17) is 10.3 Å². The highest BCUT2D eigenvalue weighted by molar-refractivity contribution is 5.69. The molecule has 2 heterocycles. The Balaban J connectivity index is 1.82. The number of nitrogen functional groups attached to an aromatic ring is 1. The quantitative estimate of drug-likeness (QED) is 0.800. The van der Waals surface area contributed by atoms with E-state index < -0.39 is 5.82 Å². The van der Waals surface area contributed by atoms with Crippen LogP contribution in [0.4, 0.5) is 14.7 Å². The van der Waals surface area contributed by atoms with E-state index in [1.165, 1.54) is 18.2 Å². The Kier molecular flexibility index (Phi) is 3.69. The van der Waals surface area contributed by atoms with Crippen LogP contribution >= 0.6 is 0 Å². The molecule has 0 saturated heterocycles. The zero-order valence-electron chi connectivity index (χ0n) is 11.3. The number of aromatic nitrogens is 2. The van der Waals surface area contributed by atoms with Gasteiger partial charge in [-0.15, -0.1) is 0 Å². The Labute approximate surface area is 124 Å². The molecule has 1 aromatic carbocycles. The number of rotatable bonds is 4. The van der Waals surface area contributed by atoms with Crippen LogP contribution in [0.5, 0.6) is 5.75 Å². The topological polar surface area (TPSA) is 74.2 Å². The molecule has 0 fully saturated rings. The van der Waals surface area contributed by atoms with Crippen molar-refractivity contribution in [2.75, 3.05) is 5.73 Å². The van der Waals surface area contributed by atoms with Gasteiger partial charge in [-0.3, -0.25) is 4.94 Å². The highest BCUT2D eigenvalue weighted by Crippen LogP contribution is 2.26. The molecule has 0 aliphatic rings. The van der Waals surface area contributed by atoms with Gasteiger partial charge in [0.2, 0.25) is 0 Å². The largest absolute Gasteiger partial charge is 0.383 e. The van der Waals surface area contributed by atoms with Crippen LogP contribution in [-0.4, -0.2) is 10.1 Å². The second-order valence-electron chi connectivity index (χ2n) is 4.67. The highest BCUT2D eigenvalue weighted by Gasteiger charge is 2.12. The van der Waals surface area contributed by atoms with Gasteiger partial charge in [0, 0.05) is 17.0 Å². The number of anilines is 1. The van der Waals surface area contributed by atoms with Gasteiger partial charge in [-0.2, -0.15) is 0 Å². The molecule has 0 amide bonds. The number of pyridine rings is 1. The van der Waals surface area contributed by atoms with Gasteiger partial charge >= 0.3 is 0 Å². The van der Waals surface area contributed by atoms with E-state index in [1.807, 2.05) is 0 Å². The summed E-state index contributed by atoms with van der Waals surface area (Å²) in [6.07, 6.45) is 1.50. The first-order valence-electron chi connectivity index (χ1n) is 6.40. The van der Waals surface area contributed by atoms with Crippen molar-refractivity contribution in [2.24, 2.45) is 0 Å². The van der Waals surface area contributed by atoms with Gasteiger partial charge in [-0.05, 0) is 23.8 Å². The van der Waals surface area contributed by atoms with Crippen molar-refractivity contribution in [1.82, 2.24) is 10.1 Å². The van der Waals surface area contributed by atoms with Crippen molar-refractivity contribution in [2.45, 2.75) is 6.42 Å². The van der Waals surface area contributed by atoms with Gasteiger partial charge in [0.05, 0.1) is 17.5 Å². The molecule has 0 aliphatic carbocycles. The van der Waals surface area contributed by atoms with Crippen molar-refractivity contribution >= 4 is 5.82 Å². The maximum atomic E-state index is 13.2. The van der Waals surface area contributed by atoms with E-state index in [0.717, 1.165) is 11.8 Å². The van der Waals surface area contributed by atoms with Crippen LogP contribution in [0.2, 0.25) is 0 Å². The smallest absolute Gasteiger partial charge is 0.171 e. The van der Waals surface area contributed by atoms with Gasteiger partial charge in [0.25, 0.3) is 0 Å². The Morgan fingerprint density at radius 1 is 1.18 bits per heavy atom. The summed E-state index contributed by atoms with van der Waals surface area (Å²) in [5, 5.41) is 3.92. The lowest BCUT2D eigenvalue weighted by Crippen LogP contribution is -1.94. The first-order valence-corrected chi connectivity index (χ1v) is 6.40. The van der Waals surface area contributed by atoms with Gasteiger partial charge in [-0.25, -0.2) is 9.37 Å². The molecule has 0 spiro atoms. The minimum atomic E-state index is -0.510. The number of hydrogen-bond acceptors (Lipinski definition) is 5. The lowest BCUT2D eigenvalue weighted by atomic mass is 10.1. The SMILES string of the molecule is Nc1ncc(F)cc1-c1cc(Cc2ccc(OF)cc2)no1. The third kappa shape index (κ3) is 2.88. The second-order valence-corrected chi connectivity index (χ2v) is 4.67. The zero-order chi connectivity index (χ0) is 15.5. The van der Waals surface area contributed by atoms with Gasteiger partial charge in [0.1, 0.15) is 11.6 Å². The zero-order valence-corrected chi connectivity index (χ0v) is 11.3. The van der Waals surface area contributed by atoms with Crippen LogP contribution in [0.1, 0.15) is 11.3 Å². The molecule has 2 aromatic heterocycles. The number of benzene rings is 1. The highest BCUT2D eigenvalue weighted by atomic mass is 19.3. The number of hydrogen-bond donors (Lipinski definition) is 1. The minimum absolute atomic E-state index is 0.128. The molecule has 0 unspecified atom stereocenters. The Morgan fingerprint density at radius 3 is 2.68 bits per heavy atom. The molecule has 3 rings (SSSR count). The maximum Gasteiger partial charge on any atom is 0.171 e. The Morgan fingerprint density at radius 2 is 1.95 bits per heavy atom. The van der Waals surface area contributed by atoms with Crippen molar-refractivity contribution in [1.29, 1.82) is 0 Å². The van der Waals surface area contributed by atoms with E-state index in [9.17, 15) is 8.92 Å². The predicted octanol–water partition coefficient (Wildman–Crippen LogP) is 3.31. The summed E-state index contributed by atoms with van der Waals surface area (Å²) < 4.78 is 30.4. The van der Waals surface area contributed by atoms with Crippen molar-refractivity contribution < 1.29 is 18.4 Å². The molecule has 2 N–H and O–H groups in total. The molecule has 112 valence electrons. The van der Waals surface area contributed by atoms with Crippen LogP contribution < -0.4 is 10.7 Å². The third-order valence-electron chi connectivity index (χ3n) is 3.11. The average molecular weight is 303 g/mol. The fourth-order valence-corrected chi connectivity index (χ4v) is 2.04. The fourth-order valence-electron chi connectivity index (χ4n) is 2.04. The molecule has 0 radical (unpaired) electrons. The summed E-state index contributed by atoms with van der Waals surface area (Å²) in [5.41, 5.74) is 7.57. The predicted molar refractivity (Wildman–Crippen MR) is 75.1 cm³/mol. The molecular weight excluding hydrogens is 292 g/mol. The van der Waals surface area contributed by atoms with E-state index in [2.05, 4.69) is 15.1 Å². The first-order chi connectivity index (χ1) is 10.7. The van der Waals surface area contributed by atoms with E-state index in [1.54, 1.807) is 18.2 Å². The molecule has 7 heteroatoms. The van der Waals surface area contributed by atoms with Gasteiger partial charge in [-0.1, -0.05) is 17.3 Å². The summed E-state index contributed by atoms with van der Waals surface area (Å²) in [5.74, 6) is 0.115. The lowest BCUT2D eigenvalue weighted by molar-refractivity contribution is -0.00621. The number of nitrogens with zero attached hydrogens (tertiary/aromatic N) is 2. The monoisotopic (exact) mass is 303 g/mol. The molecule has 3 aromatic rings. The molecule has 0 saturated carbocycles. The average Bonchev–Trinajstić information content (AvgIpc) is 2.99. The summed E-state index contributed by atoms with van der Waals surface area (Å²) in [4.78, 5) is 7.35. The summed E-state index contributed by atoms with van der Waals surface area (Å²) >= 11 is 0. The molecule has 22 heavy (non-hydrogen) atoms. The standard InChI is InChI=1S/C15H11F2N3O2/c16-10-6-13(15(18)19-8-10)14-7-11(20-22-14)5-9-1-3-12(21-17)4-2-9/h1-4,6-8H,5H2,(H2,18,19). The molecule has 5 nitrogen and oxygen atoms in total. The fraction of sp³-hybridized carbons (Fsp3) is 0.0667. The maximum absolute atomic E-state index is 13.2. The van der Waals surface area contributed by atoms with Crippen LogP contribution in [0.25, 0.3) is 11.3 Å². The number of nitrogens with two attached hydrogens (primary N) is 1. The van der Waals surface area contributed by atoms with Crippen molar-refractivity contribution in [3.8, 4) is 17.1 Å². The molecular formula is C15H11F2N3O2. The Hall–Kier alpha value is -2.96. The summed E-state index contributed by atoms with van der Waals surface area (Å²) in [6.45, 7) is 0. The van der Waals surface area contributed by atoms with E-state index >= 15 is 0 Å². The molecule has 0 atom stereocenters. The number of halogens is 2. The van der Waals surface area contributed by atoms with E-state index in [0.29, 0.717) is 23.4 Å². The molecule has 0 aliphatic heterocycles. The van der Waals surface area contributed by atoms with Crippen molar-refractivity contribution in [3.05, 3.63) is 59.7 Å². The van der Waals surface area contributed by atoms with Crippen molar-refractivity contribution in [3.63, 3.8) is 0 Å². The Bertz CT molecular complexity index is 788. The van der Waals surface area contributed by atoms with Gasteiger partial charge in [0.15, 0.2) is 11.5 Å². The minimum Gasteiger partial charge on any atom is -0.383 e. The van der Waals surface area contributed by atoms with Crippen LogP contribution in [0.15, 0.2) is 47.1 Å². The second kappa shape index (κ2) is 5.80. The normalized spacial score (nSPS) is 10.6. The van der Waals surface area contributed by atoms with Gasteiger partial charge < -0.3 is 10.3 Å².